The monoisotopic (exact) mass is 385 g/mol. The number of primary amides is 1. The van der Waals surface area contributed by atoms with Crippen molar-refractivity contribution in [1.82, 2.24) is 19.5 Å². The molecule has 1 aliphatic rings. The van der Waals surface area contributed by atoms with Crippen molar-refractivity contribution in [1.29, 1.82) is 0 Å². The van der Waals surface area contributed by atoms with Gasteiger partial charge in [0.2, 0.25) is 0 Å². The highest BCUT2D eigenvalue weighted by Gasteiger charge is 2.23. The fourth-order valence-corrected chi connectivity index (χ4v) is 3.33. The fourth-order valence-electron chi connectivity index (χ4n) is 3.33. The number of aromatic nitrogens is 4. The number of hydrogen-bond donors (Lipinski definition) is 3. The molecular formula is C18H19N5O5. The molecule has 28 heavy (non-hydrogen) atoms. The van der Waals surface area contributed by atoms with Crippen molar-refractivity contribution in [2.24, 2.45) is 5.73 Å². The Hall–Kier alpha value is -3.40. The number of hydrogen-bond acceptors (Lipinski definition) is 7. The Labute approximate surface area is 158 Å². The Kier molecular flexibility index (Phi) is 4.47. The lowest BCUT2D eigenvalue weighted by Crippen LogP contribution is -2.24. The number of aromatic hydroxyl groups is 1. The molecule has 10 nitrogen and oxygen atoms in total. The first-order valence-electron chi connectivity index (χ1n) is 8.77. The Morgan fingerprint density at radius 1 is 1.46 bits per heavy atom. The van der Waals surface area contributed by atoms with Crippen LogP contribution in [0.5, 0.6) is 11.5 Å². The highest BCUT2D eigenvalue weighted by atomic mass is 16.5. The summed E-state index contributed by atoms with van der Waals surface area (Å²) in [5, 5.41) is 10.0. The molecule has 4 rings (SSSR count). The molecule has 1 atom stereocenters. The van der Waals surface area contributed by atoms with Gasteiger partial charge in [-0.2, -0.15) is 0 Å². The number of aromatic amines is 1. The zero-order valence-electron chi connectivity index (χ0n) is 15.1. The number of fused-ring (bicyclic) bond motifs is 1. The number of nitrogens with zero attached hydrogens (tertiary/aromatic N) is 3. The van der Waals surface area contributed by atoms with Crippen molar-refractivity contribution in [2.75, 3.05) is 13.7 Å². The molecule has 1 saturated heterocycles. The third-order valence-electron chi connectivity index (χ3n) is 4.70. The van der Waals surface area contributed by atoms with E-state index in [0.29, 0.717) is 18.7 Å². The lowest BCUT2D eigenvalue weighted by molar-refractivity contribution is 0.0970. The molecule has 0 spiro atoms. The predicted molar refractivity (Wildman–Crippen MR) is 99.3 cm³/mol. The van der Waals surface area contributed by atoms with Crippen LogP contribution >= 0.6 is 0 Å². The lowest BCUT2D eigenvalue weighted by atomic mass is 10.2. The molecule has 3 aromatic rings. The molecule has 2 aromatic heterocycles. The van der Waals surface area contributed by atoms with Gasteiger partial charge in [0.15, 0.2) is 28.7 Å². The van der Waals surface area contributed by atoms with Crippen LogP contribution in [-0.2, 0) is 11.3 Å². The molecule has 1 fully saturated rings. The number of phenols is 1. The second-order valence-corrected chi connectivity index (χ2v) is 6.52. The molecule has 0 radical (unpaired) electrons. The predicted octanol–water partition coefficient (Wildman–Crippen LogP) is 0.779. The Bertz CT molecular complexity index is 1110. The second kappa shape index (κ2) is 6.97. The Morgan fingerprint density at radius 3 is 2.93 bits per heavy atom. The Morgan fingerprint density at radius 2 is 2.29 bits per heavy atom. The van der Waals surface area contributed by atoms with Crippen LogP contribution in [0.3, 0.4) is 0 Å². The topological polar surface area (TPSA) is 145 Å². The number of nitrogens with one attached hydrogen (secondary N) is 1. The standard InChI is InChI=1S/C18H19N5O5/c1-27-12-5-4-9(7-11(12)24)16-20-13(15(19)25)14-17(22-16)23(18(26)21-14)8-10-3-2-6-28-10/h4-5,7,10,24H,2-3,6,8H2,1H3,(H2,19,25)(H,21,26)/t10-/m1/s1. The molecule has 0 aliphatic carbocycles. The number of rotatable bonds is 5. The average molecular weight is 385 g/mol. The molecule has 3 heterocycles. The number of amides is 1. The number of methoxy groups -OCH3 is 1. The largest absolute Gasteiger partial charge is 0.504 e. The van der Waals surface area contributed by atoms with Crippen molar-refractivity contribution in [2.45, 2.75) is 25.5 Å². The summed E-state index contributed by atoms with van der Waals surface area (Å²) in [6, 6.07) is 4.61. The van der Waals surface area contributed by atoms with Crippen molar-refractivity contribution >= 4 is 17.1 Å². The summed E-state index contributed by atoms with van der Waals surface area (Å²) in [5.41, 5.74) is 5.83. The number of H-pyrrole nitrogens is 1. The summed E-state index contributed by atoms with van der Waals surface area (Å²) in [6.07, 6.45) is 1.67. The third-order valence-corrected chi connectivity index (χ3v) is 4.70. The molecule has 4 N–H and O–H groups in total. The van der Waals surface area contributed by atoms with E-state index in [1.807, 2.05) is 0 Å². The number of phenolic OH excluding ortho intramolecular Hbond substituents is 1. The number of benzene rings is 1. The van der Waals surface area contributed by atoms with Crippen molar-refractivity contribution in [3.8, 4) is 22.9 Å². The first-order chi connectivity index (χ1) is 13.5. The van der Waals surface area contributed by atoms with E-state index in [4.69, 9.17) is 15.2 Å². The average Bonchev–Trinajstić information content (AvgIpc) is 3.29. The van der Waals surface area contributed by atoms with Crippen LogP contribution in [0.1, 0.15) is 23.3 Å². The third kappa shape index (κ3) is 3.07. The van der Waals surface area contributed by atoms with E-state index in [1.165, 1.54) is 17.7 Å². The van der Waals surface area contributed by atoms with Gasteiger partial charge in [-0.3, -0.25) is 9.36 Å². The zero-order chi connectivity index (χ0) is 19.8. The molecule has 146 valence electrons. The summed E-state index contributed by atoms with van der Waals surface area (Å²) >= 11 is 0. The van der Waals surface area contributed by atoms with Gasteiger partial charge in [0, 0.05) is 12.2 Å². The van der Waals surface area contributed by atoms with E-state index < -0.39 is 11.6 Å². The van der Waals surface area contributed by atoms with Gasteiger partial charge in [-0.25, -0.2) is 14.8 Å². The second-order valence-electron chi connectivity index (χ2n) is 6.52. The highest BCUT2D eigenvalue weighted by Crippen LogP contribution is 2.30. The Balaban J connectivity index is 1.89. The van der Waals surface area contributed by atoms with Gasteiger partial charge in [-0.15, -0.1) is 0 Å². The number of carbonyl (C=O) groups excluding carboxylic acids is 1. The summed E-state index contributed by atoms with van der Waals surface area (Å²) in [7, 11) is 1.44. The van der Waals surface area contributed by atoms with Crippen LogP contribution < -0.4 is 16.2 Å². The molecule has 1 aromatic carbocycles. The van der Waals surface area contributed by atoms with Crippen LogP contribution in [0.4, 0.5) is 0 Å². The summed E-state index contributed by atoms with van der Waals surface area (Å²) in [4.78, 5) is 35.7. The summed E-state index contributed by atoms with van der Waals surface area (Å²) in [5.74, 6) is -0.455. The van der Waals surface area contributed by atoms with Crippen LogP contribution in [-0.4, -0.2) is 50.4 Å². The van der Waals surface area contributed by atoms with E-state index in [1.54, 1.807) is 12.1 Å². The smallest absolute Gasteiger partial charge is 0.327 e. The molecule has 0 unspecified atom stereocenters. The number of nitrogens with two attached hydrogens (primary N) is 1. The van der Waals surface area contributed by atoms with E-state index >= 15 is 0 Å². The normalized spacial score (nSPS) is 16.5. The molecule has 10 heteroatoms. The van der Waals surface area contributed by atoms with E-state index in [2.05, 4.69) is 15.0 Å². The van der Waals surface area contributed by atoms with Crippen LogP contribution in [0.15, 0.2) is 23.0 Å². The molecule has 0 saturated carbocycles. The lowest BCUT2D eigenvalue weighted by Gasteiger charge is -2.11. The molecule has 1 aliphatic heterocycles. The minimum atomic E-state index is -0.795. The zero-order valence-corrected chi connectivity index (χ0v) is 15.1. The van der Waals surface area contributed by atoms with E-state index in [0.717, 1.165) is 12.8 Å². The van der Waals surface area contributed by atoms with Gasteiger partial charge >= 0.3 is 5.69 Å². The van der Waals surface area contributed by atoms with Crippen molar-refractivity contribution < 1.29 is 19.4 Å². The van der Waals surface area contributed by atoms with Crippen LogP contribution in [0, 0.1) is 0 Å². The first-order valence-corrected chi connectivity index (χ1v) is 8.77. The summed E-state index contributed by atoms with van der Waals surface area (Å²) < 4.78 is 12.1. The van der Waals surface area contributed by atoms with Crippen LogP contribution in [0.2, 0.25) is 0 Å². The van der Waals surface area contributed by atoms with Gasteiger partial charge in [0.1, 0.15) is 5.52 Å². The van der Waals surface area contributed by atoms with Crippen LogP contribution in [0.25, 0.3) is 22.6 Å². The highest BCUT2D eigenvalue weighted by molar-refractivity contribution is 6.01. The SMILES string of the molecule is COc1ccc(-c2nc(C(N)=O)c3[nH]c(=O)n(C[C@H]4CCCO4)c3n2)cc1O. The minimum Gasteiger partial charge on any atom is -0.504 e. The molecule has 0 bridgehead atoms. The number of imidazole rings is 1. The van der Waals surface area contributed by atoms with E-state index in [-0.39, 0.29) is 40.3 Å². The van der Waals surface area contributed by atoms with Gasteiger partial charge in [0.25, 0.3) is 5.91 Å². The maximum absolute atomic E-state index is 12.5. The molecule has 1 amide bonds. The van der Waals surface area contributed by atoms with Gasteiger partial charge in [-0.1, -0.05) is 0 Å². The van der Waals surface area contributed by atoms with Gasteiger partial charge in [0.05, 0.1) is 19.8 Å². The first kappa shape index (κ1) is 18.0. The van der Waals surface area contributed by atoms with E-state index in [9.17, 15) is 14.7 Å². The number of carbonyl (C=O) groups is 1. The van der Waals surface area contributed by atoms with Gasteiger partial charge in [-0.05, 0) is 31.0 Å². The van der Waals surface area contributed by atoms with Gasteiger partial charge < -0.3 is 25.3 Å². The fraction of sp³-hybridized carbons (Fsp3) is 0.333. The quantitative estimate of drug-likeness (QED) is 0.588. The summed E-state index contributed by atoms with van der Waals surface area (Å²) in [6.45, 7) is 0.959. The molecular weight excluding hydrogens is 366 g/mol. The maximum Gasteiger partial charge on any atom is 0.327 e. The van der Waals surface area contributed by atoms with Crippen molar-refractivity contribution in [3.63, 3.8) is 0 Å². The number of ether oxygens (including phenoxy) is 2. The van der Waals surface area contributed by atoms with Crippen molar-refractivity contribution in [3.05, 3.63) is 34.4 Å². The minimum absolute atomic E-state index is 0.0986. The maximum atomic E-state index is 12.5.